The maximum absolute atomic E-state index is 6.09. The minimum absolute atomic E-state index is 0.778. The number of benzene rings is 5. The number of nitrogens with zero attached hydrogens (tertiary/aromatic N) is 3. The molecule has 0 spiro atoms. The number of fused-ring (bicyclic) bond motifs is 7. The summed E-state index contributed by atoms with van der Waals surface area (Å²) >= 11 is 0. The van der Waals surface area contributed by atoms with E-state index in [2.05, 4.69) is 106 Å². The summed E-state index contributed by atoms with van der Waals surface area (Å²) in [6.07, 6.45) is 7.15. The lowest BCUT2D eigenvalue weighted by molar-refractivity contribution is 0.666. The third kappa shape index (κ3) is 3.79. The Morgan fingerprint density at radius 3 is 1.67 bits per heavy atom. The first-order chi connectivity index (χ1) is 21.3. The van der Waals surface area contributed by atoms with E-state index in [4.69, 9.17) is 8.83 Å². The van der Waals surface area contributed by atoms with Gasteiger partial charge in [0.25, 0.3) is 0 Å². The monoisotopic (exact) mass is 553 g/mol. The van der Waals surface area contributed by atoms with Crippen LogP contribution < -0.4 is 4.90 Å². The van der Waals surface area contributed by atoms with Crippen LogP contribution in [0.5, 0.6) is 0 Å². The molecule has 4 aromatic heterocycles. The lowest BCUT2D eigenvalue weighted by atomic mass is 9.98. The molecule has 0 aliphatic carbocycles. The van der Waals surface area contributed by atoms with Crippen LogP contribution in [-0.2, 0) is 0 Å². The molecule has 0 aliphatic rings. The molecule has 0 radical (unpaired) electrons. The summed E-state index contributed by atoms with van der Waals surface area (Å²) in [5.41, 5.74) is 8.72. The summed E-state index contributed by atoms with van der Waals surface area (Å²) in [5.74, 6) is 0. The highest BCUT2D eigenvalue weighted by Crippen LogP contribution is 2.41. The van der Waals surface area contributed by atoms with E-state index < -0.39 is 0 Å². The van der Waals surface area contributed by atoms with Crippen LogP contribution in [0.15, 0.2) is 149 Å². The van der Waals surface area contributed by atoms with Crippen LogP contribution >= 0.6 is 0 Å². The zero-order valence-electron chi connectivity index (χ0n) is 22.9. The average Bonchev–Trinajstić information content (AvgIpc) is 3.63. The Hall–Kier alpha value is -5.94. The Bertz CT molecular complexity index is 2350. The molecule has 5 heteroatoms. The Morgan fingerprint density at radius 1 is 0.442 bits per heavy atom. The van der Waals surface area contributed by atoms with Crippen molar-refractivity contribution < 1.29 is 8.83 Å². The van der Waals surface area contributed by atoms with Crippen LogP contribution in [0, 0.1) is 0 Å². The minimum atomic E-state index is 0.778. The van der Waals surface area contributed by atoms with Crippen molar-refractivity contribution in [3.8, 4) is 11.1 Å². The van der Waals surface area contributed by atoms with E-state index in [9.17, 15) is 0 Å². The van der Waals surface area contributed by atoms with Crippen LogP contribution in [-0.4, -0.2) is 9.97 Å². The minimum Gasteiger partial charge on any atom is -0.454 e. The van der Waals surface area contributed by atoms with Crippen LogP contribution in [0.1, 0.15) is 0 Å². The molecular formula is C38H23N3O2. The van der Waals surface area contributed by atoms with Gasteiger partial charge in [0, 0.05) is 51.0 Å². The fourth-order valence-corrected chi connectivity index (χ4v) is 6.23. The van der Waals surface area contributed by atoms with Gasteiger partial charge in [-0.05, 0) is 82.6 Å². The zero-order valence-corrected chi connectivity index (χ0v) is 22.9. The molecule has 9 rings (SSSR count). The van der Waals surface area contributed by atoms with Crippen molar-refractivity contribution in [1.29, 1.82) is 0 Å². The Balaban J connectivity index is 1.24. The predicted molar refractivity (Wildman–Crippen MR) is 174 cm³/mol. The van der Waals surface area contributed by atoms with Crippen LogP contribution in [0.2, 0.25) is 0 Å². The molecule has 0 fully saturated rings. The van der Waals surface area contributed by atoms with Crippen molar-refractivity contribution in [2.45, 2.75) is 0 Å². The maximum Gasteiger partial charge on any atom is 0.153 e. The topological polar surface area (TPSA) is 55.3 Å². The maximum atomic E-state index is 6.09. The molecule has 43 heavy (non-hydrogen) atoms. The van der Waals surface area contributed by atoms with E-state index in [1.165, 1.54) is 21.9 Å². The molecule has 0 unspecified atom stereocenters. The SMILES string of the molecule is c1ccc2c(-c3ccc(N(c4ccc5oc6cnccc6c5c4)c4ccc5oc6cnccc6c5c4)cc3)cccc2c1. The van der Waals surface area contributed by atoms with E-state index in [0.717, 1.165) is 60.9 Å². The molecule has 0 N–H and O–H groups in total. The van der Waals surface area contributed by atoms with Crippen molar-refractivity contribution in [3.63, 3.8) is 0 Å². The highest BCUT2D eigenvalue weighted by molar-refractivity contribution is 6.08. The Kier molecular flexibility index (Phi) is 5.13. The van der Waals surface area contributed by atoms with Gasteiger partial charge in [-0.1, -0.05) is 54.6 Å². The van der Waals surface area contributed by atoms with Crippen LogP contribution in [0.25, 0.3) is 65.8 Å². The van der Waals surface area contributed by atoms with Gasteiger partial charge in [-0.2, -0.15) is 0 Å². The number of pyridine rings is 2. The van der Waals surface area contributed by atoms with Gasteiger partial charge < -0.3 is 13.7 Å². The highest BCUT2D eigenvalue weighted by Gasteiger charge is 2.18. The molecule has 0 saturated heterocycles. The molecular weight excluding hydrogens is 530 g/mol. The highest BCUT2D eigenvalue weighted by atomic mass is 16.3. The molecule has 0 atom stereocenters. The van der Waals surface area contributed by atoms with Crippen molar-refractivity contribution in [2.75, 3.05) is 4.90 Å². The van der Waals surface area contributed by atoms with Crippen LogP contribution in [0.3, 0.4) is 0 Å². The van der Waals surface area contributed by atoms with Gasteiger partial charge in [-0.25, -0.2) is 0 Å². The standard InChI is InChI=1S/C38H23N3O2/c1-2-6-29-24(4-1)5-3-7-30(29)25-8-10-26(11-9-25)41(27-12-14-35-33(20-27)31-16-18-39-22-37(31)42-35)28-13-15-36-34(21-28)32-17-19-40-23-38(32)43-36/h1-23H. The van der Waals surface area contributed by atoms with Crippen LogP contribution in [0.4, 0.5) is 17.1 Å². The molecule has 9 aromatic rings. The van der Waals surface area contributed by atoms with Gasteiger partial charge in [0.1, 0.15) is 11.2 Å². The summed E-state index contributed by atoms with van der Waals surface area (Å²) in [4.78, 5) is 10.8. The van der Waals surface area contributed by atoms with Crippen molar-refractivity contribution in [2.24, 2.45) is 0 Å². The van der Waals surface area contributed by atoms with E-state index in [1.54, 1.807) is 24.8 Å². The van der Waals surface area contributed by atoms with Crippen molar-refractivity contribution in [1.82, 2.24) is 9.97 Å². The van der Waals surface area contributed by atoms with Crippen molar-refractivity contribution in [3.05, 3.63) is 140 Å². The third-order valence-electron chi connectivity index (χ3n) is 8.26. The first kappa shape index (κ1) is 23.7. The Labute approximate surface area is 246 Å². The molecule has 4 heterocycles. The fraction of sp³-hybridized carbons (Fsp3) is 0. The largest absolute Gasteiger partial charge is 0.454 e. The number of hydrogen-bond donors (Lipinski definition) is 0. The second-order valence-corrected chi connectivity index (χ2v) is 10.7. The molecule has 0 bridgehead atoms. The summed E-state index contributed by atoms with van der Waals surface area (Å²) in [7, 11) is 0. The van der Waals surface area contributed by atoms with Gasteiger partial charge in [-0.3, -0.25) is 9.97 Å². The van der Waals surface area contributed by atoms with Gasteiger partial charge >= 0.3 is 0 Å². The van der Waals surface area contributed by atoms with Gasteiger partial charge in [0.05, 0.1) is 12.4 Å². The zero-order chi connectivity index (χ0) is 28.3. The molecule has 0 aliphatic heterocycles. The number of furan rings is 2. The fourth-order valence-electron chi connectivity index (χ4n) is 6.23. The summed E-state index contributed by atoms with van der Waals surface area (Å²) in [6, 6.07) is 40.5. The lowest BCUT2D eigenvalue weighted by Crippen LogP contribution is -2.09. The quantitative estimate of drug-likeness (QED) is 0.217. The summed E-state index contributed by atoms with van der Waals surface area (Å²) in [6.45, 7) is 0. The number of anilines is 3. The number of rotatable bonds is 4. The number of aromatic nitrogens is 2. The van der Waals surface area contributed by atoms with E-state index >= 15 is 0 Å². The van der Waals surface area contributed by atoms with Gasteiger partial charge in [0.15, 0.2) is 11.2 Å². The first-order valence-electron chi connectivity index (χ1n) is 14.2. The number of hydrogen-bond acceptors (Lipinski definition) is 5. The third-order valence-corrected chi connectivity index (χ3v) is 8.26. The second-order valence-electron chi connectivity index (χ2n) is 10.7. The molecule has 5 nitrogen and oxygen atoms in total. The molecule has 0 saturated carbocycles. The normalized spacial score (nSPS) is 11.7. The predicted octanol–water partition coefficient (Wildman–Crippen LogP) is 10.6. The second kappa shape index (κ2) is 9.29. The first-order valence-corrected chi connectivity index (χ1v) is 14.2. The Morgan fingerprint density at radius 2 is 1.02 bits per heavy atom. The van der Waals surface area contributed by atoms with Gasteiger partial charge in [-0.15, -0.1) is 0 Å². The molecule has 202 valence electrons. The van der Waals surface area contributed by atoms with E-state index in [0.29, 0.717) is 0 Å². The molecule has 0 amide bonds. The van der Waals surface area contributed by atoms with Crippen molar-refractivity contribution >= 4 is 71.7 Å². The smallest absolute Gasteiger partial charge is 0.153 e. The van der Waals surface area contributed by atoms with E-state index in [-0.39, 0.29) is 0 Å². The van der Waals surface area contributed by atoms with Gasteiger partial charge in [0.2, 0.25) is 0 Å². The average molecular weight is 554 g/mol. The van der Waals surface area contributed by atoms with E-state index in [1.807, 2.05) is 24.3 Å². The summed E-state index contributed by atoms with van der Waals surface area (Å²) < 4.78 is 12.2. The summed E-state index contributed by atoms with van der Waals surface area (Å²) in [5, 5.41) is 6.66. The molecule has 5 aromatic carbocycles. The lowest BCUT2D eigenvalue weighted by Gasteiger charge is -2.26.